The summed E-state index contributed by atoms with van der Waals surface area (Å²) in [5.74, 6) is -1.29. The van der Waals surface area contributed by atoms with Gasteiger partial charge >= 0.3 is 5.97 Å². The highest BCUT2D eigenvalue weighted by molar-refractivity contribution is 6.30. The number of esters is 1. The van der Waals surface area contributed by atoms with Crippen LogP contribution < -0.4 is 10.9 Å². The maximum absolute atomic E-state index is 14.4. The first-order chi connectivity index (χ1) is 18.4. The van der Waals surface area contributed by atoms with Gasteiger partial charge in [-0.1, -0.05) is 41.9 Å². The molecule has 1 aromatic heterocycles. The van der Waals surface area contributed by atoms with Gasteiger partial charge in [-0.05, 0) is 55.9 Å². The van der Waals surface area contributed by atoms with Crippen LogP contribution in [0.3, 0.4) is 0 Å². The third-order valence-electron chi connectivity index (χ3n) is 8.34. The van der Waals surface area contributed by atoms with Crippen molar-refractivity contribution in [2.75, 3.05) is 25.5 Å². The van der Waals surface area contributed by atoms with E-state index in [9.17, 15) is 14.4 Å². The Balaban J connectivity index is 1.72. The number of nitrogens with one attached hydrogen (secondary N) is 1. The average molecular weight is 527 g/mol. The molecule has 0 radical (unpaired) electrons. The molecule has 0 saturated carbocycles. The fraction of sp³-hybridized carbons (Fsp3) is 0.241. The van der Waals surface area contributed by atoms with Crippen LogP contribution in [-0.4, -0.2) is 46.5 Å². The highest BCUT2D eigenvalue weighted by Gasteiger charge is 2.77. The third-order valence-corrected chi connectivity index (χ3v) is 8.58. The lowest BCUT2D eigenvalue weighted by Gasteiger charge is -2.44. The van der Waals surface area contributed by atoms with Crippen LogP contribution in [0.25, 0.3) is 16.6 Å². The number of hydrogen-bond donors (Lipinski definition) is 1. The number of likely N-dealkylation sites (tertiary alicyclic amines) is 1. The van der Waals surface area contributed by atoms with E-state index >= 15 is 0 Å². The van der Waals surface area contributed by atoms with Crippen LogP contribution in [0.4, 0.5) is 5.69 Å². The highest BCUT2D eigenvalue weighted by Crippen LogP contribution is 2.65. The Labute approximate surface area is 222 Å². The van der Waals surface area contributed by atoms with E-state index < -0.39 is 22.8 Å². The predicted octanol–water partition coefficient (Wildman–Crippen LogP) is 3.61. The van der Waals surface area contributed by atoms with Crippen molar-refractivity contribution in [2.45, 2.75) is 17.9 Å². The number of likely N-dealkylation sites (N-methyl/N-ethyl adjacent to an activating group) is 1. The molecular weight excluding hydrogens is 504 g/mol. The van der Waals surface area contributed by atoms with Gasteiger partial charge in [0.2, 0.25) is 0 Å². The van der Waals surface area contributed by atoms with Gasteiger partial charge in [-0.25, -0.2) is 4.98 Å². The molecule has 3 atom stereocenters. The number of anilines is 1. The summed E-state index contributed by atoms with van der Waals surface area (Å²) in [7, 11) is 1.83. The number of rotatable bonds is 2. The summed E-state index contributed by atoms with van der Waals surface area (Å²) in [5.41, 5.74) is -0.0899. The van der Waals surface area contributed by atoms with Crippen molar-refractivity contribution in [3.63, 3.8) is 0 Å². The van der Waals surface area contributed by atoms with Gasteiger partial charge in [-0.15, -0.1) is 0 Å². The average Bonchev–Trinajstić information content (AvgIpc) is 3.48. The normalized spacial score (nSPS) is 25.0. The Bertz CT molecular complexity index is 1770. The SMILES string of the molecule is CCOC(=O)[C@@H]1CN(C)[C@@]2(C(=O)Nc3ccccc32)[C@]12c1cc(Cl)ccc1-n1c2nc2ccccc2c1=O. The monoisotopic (exact) mass is 526 g/mol. The van der Waals surface area contributed by atoms with Crippen LogP contribution in [0.5, 0.6) is 0 Å². The maximum atomic E-state index is 14.4. The van der Waals surface area contributed by atoms with Crippen LogP contribution in [0.1, 0.15) is 23.9 Å². The molecule has 1 saturated heterocycles. The van der Waals surface area contributed by atoms with E-state index in [1.165, 1.54) is 0 Å². The molecule has 1 amide bonds. The topological polar surface area (TPSA) is 93.5 Å². The van der Waals surface area contributed by atoms with E-state index in [-0.39, 0.29) is 24.6 Å². The van der Waals surface area contributed by atoms with Crippen molar-refractivity contribution < 1.29 is 14.3 Å². The van der Waals surface area contributed by atoms with E-state index in [4.69, 9.17) is 21.3 Å². The number of para-hydroxylation sites is 2. The Morgan fingerprint density at radius 2 is 1.87 bits per heavy atom. The van der Waals surface area contributed by atoms with Crippen molar-refractivity contribution in [3.05, 3.63) is 99.1 Å². The number of benzene rings is 3. The summed E-state index contributed by atoms with van der Waals surface area (Å²) in [4.78, 5) is 49.2. The van der Waals surface area contributed by atoms with Crippen molar-refractivity contribution in [1.29, 1.82) is 0 Å². The lowest BCUT2D eigenvalue weighted by Crippen LogP contribution is -2.59. The Morgan fingerprint density at radius 1 is 1.11 bits per heavy atom. The number of carbonyl (C=O) groups is 2. The Hall–Kier alpha value is -4.01. The Morgan fingerprint density at radius 3 is 2.68 bits per heavy atom. The third kappa shape index (κ3) is 2.49. The molecule has 4 heterocycles. The summed E-state index contributed by atoms with van der Waals surface area (Å²) in [6, 6.07) is 19.8. The molecule has 0 unspecified atom stereocenters. The smallest absolute Gasteiger partial charge is 0.311 e. The first-order valence-corrected chi connectivity index (χ1v) is 12.9. The Kier molecular flexibility index (Phi) is 4.72. The number of amides is 1. The van der Waals surface area contributed by atoms with Gasteiger partial charge in [-0.2, -0.15) is 0 Å². The van der Waals surface area contributed by atoms with Crippen molar-refractivity contribution in [1.82, 2.24) is 14.5 Å². The molecule has 38 heavy (non-hydrogen) atoms. The predicted molar refractivity (Wildman–Crippen MR) is 143 cm³/mol. The van der Waals surface area contributed by atoms with E-state index in [1.54, 1.807) is 47.9 Å². The van der Waals surface area contributed by atoms with Crippen LogP contribution in [-0.2, 0) is 25.3 Å². The maximum Gasteiger partial charge on any atom is 0.311 e. The molecule has 1 fully saturated rings. The molecule has 8 nitrogen and oxygen atoms in total. The minimum atomic E-state index is -1.41. The first kappa shape index (κ1) is 23.1. The first-order valence-electron chi connectivity index (χ1n) is 12.5. The molecule has 3 aromatic carbocycles. The second-order valence-corrected chi connectivity index (χ2v) is 10.4. The van der Waals surface area contributed by atoms with Crippen LogP contribution in [0.2, 0.25) is 5.02 Å². The van der Waals surface area contributed by atoms with Crippen LogP contribution in [0, 0.1) is 5.92 Å². The second-order valence-electron chi connectivity index (χ2n) is 9.96. The molecule has 0 bridgehead atoms. The largest absolute Gasteiger partial charge is 0.466 e. The van der Waals surface area contributed by atoms with E-state index in [1.807, 2.05) is 42.3 Å². The molecule has 3 aliphatic rings. The molecule has 3 aliphatic heterocycles. The van der Waals surface area contributed by atoms with E-state index in [2.05, 4.69) is 5.32 Å². The van der Waals surface area contributed by atoms with Gasteiger partial charge in [0.1, 0.15) is 16.8 Å². The zero-order chi connectivity index (χ0) is 26.4. The van der Waals surface area contributed by atoms with Crippen molar-refractivity contribution in [3.8, 4) is 5.69 Å². The fourth-order valence-corrected chi connectivity index (χ4v) is 7.24. The molecule has 190 valence electrons. The van der Waals surface area contributed by atoms with E-state index in [0.717, 1.165) is 0 Å². The van der Waals surface area contributed by atoms with Crippen molar-refractivity contribution >= 4 is 40.1 Å². The number of carbonyl (C=O) groups excluding carboxylic acids is 2. The lowest BCUT2D eigenvalue weighted by molar-refractivity contribution is -0.149. The number of fused-ring (bicyclic) bond motifs is 9. The number of halogens is 1. The van der Waals surface area contributed by atoms with E-state index in [0.29, 0.717) is 44.3 Å². The number of aromatic nitrogens is 2. The summed E-state index contributed by atoms with van der Waals surface area (Å²) >= 11 is 6.59. The molecule has 1 N–H and O–H groups in total. The summed E-state index contributed by atoms with van der Waals surface area (Å²) in [6.07, 6.45) is 0. The van der Waals surface area contributed by atoms with Crippen molar-refractivity contribution in [2.24, 2.45) is 5.92 Å². The number of nitrogens with zero attached hydrogens (tertiary/aromatic N) is 3. The van der Waals surface area contributed by atoms with Gasteiger partial charge in [0.25, 0.3) is 11.5 Å². The van der Waals surface area contributed by atoms with Gasteiger partial charge in [0.05, 0.1) is 29.1 Å². The zero-order valence-electron chi connectivity index (χ0n) is 20.7. The molecule has 9 heteroatoms. The number of ether oxygens (including phenoxy) is 1. The minimum Gasteiger partial charge on any atom is -0.466 e. The second kappa shape index (κ2) is 7.75. The minimum absolute atomic E-state index is 0.172. The van der Waals surface area contributed by atoms with Gasteiger partial charge < -0.3 is 10.1 Å². The summed E-state index contributed by atoms with van der Waals surface area (Å²) < 4.78 is 7.17. The quantitative estimate of drug-likeness (QED) is 0.401. The molecule has 0 aliphatic carbocycles. The summed E-state index contributed by atoms with van der Waals surface area (Å²) in [6.45, 7) is 2.13. The highest BCUT2D eigenvalue weighted by atomic mass is 35.5. The van der Waals surface area contributed by atoms with Gasteiger partial charge in [0.15, 0.2) is 0 Å². The van der Waals surface area contributed by atoms with Crippen LogP contribution >= 0.6 is 11.6 Å². The molecule has 7 rings (SSSR count). The molecule has 4 aromatic rings. The van der Waals surface area contributed by atoms with Gasteiger partial charge in [0, 0.05) is 22.8 Å². The zero-order valence-corrected chi connectivity index (χ0v) is 21.5. The lowest BCUT2D eigenvalue weighted by atomic mass is 9.59. The summed E-state index contributed by atoms with van der Waals surface area (Å²) in [5, 5.41) is 3.92. The molecular formula is C29H23ClN4O4. The fourth-order valence-electron chi connectivity index (χ4n) is 7.07. The van der Waals surface area contributed by atoms with Crippen LogP contribution in [0.15, 0.2) is 71.5 Å². The van der Waals surface area contributed by atoms with Gasteiger partial charge in [-0.3, -0.25) is 23.9 Å². The molecule has 2 spiro atoms. The number of hydrogen-bond acceptors (Lipinski definition) is 6. The standard InChI is InChI=1S/C29H23ClN4O4/c1-3-38-25(36)20-15-33(2)29(18-9-5-7-11-22(18)32-27(29)37)28(20)19-14-16(30)12-13-23(19)34-24(35)17-8-4-6-10-21(17)31-26(28)34/h4-14,20H,3,15H2,1-2H3,(H,32,37)/t20-,28+,29-/m0/s1.